The van der Waals surface area contributed by atoms with Crippen molar-refractivity contribution in [3.8, 4) is 0 Å². The van der Waals surface area contributed by atoms with Crippen LogP contribution in [0, 0.1) is 6.92 Å². The van der Waals surface area contributed by atoms with Gasteiger partial charge in [0.25, 0.3) is 0 Å². The minimum atomic E-state index is -0.758. The number of halogens is 1. The summed E-state index contributed by atoms with van der Waals surface area (Å²) in [5, 5.41) is 13.8. The van der Waals surface area contributed by atoms with E-state index in [1.54, 1.807) is 23.1 Å². The Morgan fingerprint density at radius 1 is 1.29 bits per heavy atom. The summed E-state index contributed by atoms with van der Waals surface area (Å²) < 4.78 is 1.14. The van der Waals surface area contributed by atoms with Crippen molar-refractivity contribution in [1.82, 2.24) is 9.97 Å². The smallest absolute Gasteiger partial charge is 0.303 e. The molecule has 0 amide bonds. The van der Waals surface area contributed by atoms with Crippen molar-refractivity contribution in [2.75, 3.05) is 5.75 Å². The number of thiophene rings is 1. The zero-order valence-electron chi connectivity index (χ0n) is 15.3. The number of hydrogen-bond donors (Lipinski definition) is 2. The molecule has 28 heavy (non-hydrogen) atoms. The van der Waals surface area contributed by atoms with Crippen LogP contribution >= 0.6 is 34.7 Å². The number of para-hydroxylation sites is 1. The van der Waals surface area contributed by atoms with Crippen molar-refractivity contribution in [2.24, 2.45) is 0 Å². The van der Waals surface area contributed by atoms with Crippen molar-refractivity contribution in [2.45, 2.75) is 31.3 Å². The largest absolute Gasteiger partial charge is 0.481 e. The predicted molar refractivity (Wildman–Crippen MR) is 118 cm³/mol. The number of thioether (sulfide) groups is 1. The van der Waals surface area contributed by atoms with Crippen molar-refractivity contribution < 1.29 is 9.90 Å². The molecule has 0 aliphatic rings. The molecular formula is C21H19ClN2O2S2. The molecule has 2 aromatic heterocycles. The van der Waals surface area contributed by atoms with E-state index in [2.05, 4.69) is 29.4 Å². The average molecular weight is 431 g/mol. The van der Waals surface area contributed by atoms with Crippen LogP contribution in [0.2, 0.25) is 5.02 Å². The molecule has 0 fully saturated rings. The monoisotopic (exact) mass is 430 g/mol. The van der Waals surface area contributed by atoms with E-state index in [1.165, 1.54) is 22.1 Å². The van der Waals surface area contributed by atoms with Gasteiger partial charge in [0, 0.05) is 24.0 Å². The van der Waals surface area contributed by atoms with Crippen molar-refractivity contribution in [3.63, 3.8) is 0 Å². The number of H-pyrrole nitrogens is 1. The van der Waals surface area contributed by atoms with E-state index in [4.69, 9.17) is 21.7 Å². The Bertz CT molecular complexity index is 1170. The fourth-order valence-corrected chi connectivity index (χ4v) is 5.53. The van der Waals surface area contributed by atoms with Gasteiger partial charge in [0.1, 0.15) is 0 Å². The lowest BCUT2D eigenvalue weighted by Crippen LogP contribution is -1.94. The number of carbonyl (C=O) groups is 1. The van der Waals surface area contributed by atoms with Gasteiger partial charge in [-0.1, -0.05) is 41.6 Å². The molecule has 0 spiro atoms. The molecule has 0 unspecified atom stereocenters. The summed E-state index contributed by atoms with van der Waals surface area (Å²) in [5.74, 6) is -0.0280. The summed E-state index contributed by atoms with van der Waals surface area (Å²) in [6.07, 6.45) is 1.61. The Morgan fingerprint density at radius 3 is 2.96 bits per heavy atom. The van der Waals surface area contributed by atoms with Gasteiger partial charge in [-0.2, -0.15) is 0 Å². The van der Waals surface area contributed by atoms with Crippen LogP contribution in [0.15, 0.2) is 40.9 Å². The standard InChI is InChI=1S/C21H19ClN2O2S2/c1-12-7-8-15(22)20-18(12)14(11-28-20)10-13-4-2-5-16-19(13)24-21(23-16)27-9-3-6-17(25)26/h2,4-5,7-8,11H,3,6,9-10H2,1H3,(H,23,24)(H,25,26). The number of aryl methyl sites for hydroxylation is 1. The number of aromatic nitrogens is 2. The van der Waals surface area contributed by atoms with Crippen LogP contribution in [-0.4, -0.2) is 26.8 Å². The first-order chi connectivity index (χ1) is 13.5. The van der Waals surface area contributed by atoms with Crippen LogP contribution in [0.4, 0.5) is 0 Å². The number of nitrogens with one attached hydrogen (secondary N) is 1. The summed E-state index contributed by atoms with van der Waals surface area (Å²) >= 11 is 9.63. The summed E-state index contributed by atoms with van der Waals surface area (Å²) in [6.45, 7) is 2.12. The van der Waals surface area contributed by atoms with Gasteiger partial charge < -0.3 is 10.1 Å². The lowest BCUT2D eigenvalue weighted by molar-refractivity contribution is -0.137. The molecule has 4 nitrogen and oxygen atoms in total. The second kappa shape index (κ2) is 8.15. The molecule has 2 aromatic carbocycles. The number of carboxylic acids is 1. The number of aliphatic carboxylic acids is 1. The Hall–Kier alpha value is -2.02. The normalized spacial score (nSPS) is 11.5. The lowest BCUT2D eigenvalue weighted by Gasteiger charge is -2.05. The van der Waals surface area contributed by atoms with E-state index in [-0.39, 0.29) is 6.42 Å². The zero-order valence-corrected chi connectivity index (χ0v) is 17.7. The highest BCUT2D eigenvalue weighted by molar-refractivity contribution is 7.99. The van der Waals surface area contributed by atoms with E-state index >= 15 is 0 Å². The van der Waals surface area contributed by atoms with Gasteiger partial charge in [-0.15, -0.1) is 11.3 Å². The zero-order chi connectivity index (χ0) is 19.7. The summed E-state index contributed by atoms with van der Waals surface area (Å²) in [6, 6.07) is 10.2. The lowest BCUT2D eigenvalue weighted by atomic mass is 10.0. The molecule has 0 bridgehead atoms. The summed E-state index contributed by atoms with van der Waals surface area (Å²) in [7, 11) is 0. The van der Waals surface area contributed by atoms with E-state index in [9.17, 15) is 4.79 Å². The molecule has 0 radical (unpaired) electrons. The van der Waals surface area contributed by atoms with Crippen LogP contribution in [0.5, 0.6) is 0 Å². The molecule has 2 N–H and O–H groups in total. The minimum absolute atomic E-state index is 0.186. The van der Waals surface area contributed by atoms with Gasteiger partial charge in [0.2, 0.25) is 0 Å². The Labute approximate surface area is 175 Å². The number of benzene rings is 2. The number of nitrogens with zero attached hydrogens (tertiary/aromatic N) is 1. The maximum absolute atomic E-state index is 10.6. The van der Waals surface area contributed by atoms with Gasteiger partial charge in [-0.05, 0) is 47.5 Å². The molecule has 0 saturated heterocycles. The van der Waals surface area contributed by atoms with Crippen LogP contribution in [0.1, 0.15) is 29.5 Å². The highest BCUT2D eigenvalue weighted by atomic mass is 35.5. The number of rotatable bonds is 7. The van der Waals surface area contributed by atoms with Gasteiger partial charge >= 0.3 is 5.97 Å². The van der Waals surface area contributed by atoms with Crippen LogP contribution in [0.3, 0.4) is 0 Å². The highest BCUT2D eigenvalue weighted by Gasteiger charge is 2.13. The molecule has 0 aliphatic heterocycles. The number of aromatic amines is 1. The topological polar surface area (TPSA) is 66.0 Å². The molecular weight excluding hydrogens is 412 g/mol. The van der Waals surface area contributed by atoms with Gasteiger partial charge in [0.15, 0.2) is 5.16 Å². The second-order valence-electron chi connectivity index (χ2n) is 6.71. The average Bonchev–Trinajstić information content (AvgIpc) is 3.27. The summed E-state index contributed by atoms with van der Waals surface area (Å²) in [4.78, 5) is 18.8. The first-order valence-electron chi connectivity index (χ1n) is 9.00. The SMILES string of the molecule is Cc1ccc(Cl)c2scc(Cc3cccc4[nH]c(SCCCC(=O)O)nc34)c12. The molecule has 2 heterocycles. The fourth-order valence-electron chi connectivity index (χ4n) is 3.37. The molecule has 0 saturated carbocycles. The maximum Gasteiger partial charge on any atom is 0.303 e. The first kappa shape index (κ1) is 19.3. The molecule has 144 valence electrons. The number of imidazole rings is 1. The highest BCUT2D eigenvalue weighted by Crippen LogP contribution is 2.36. The fraction of sp³-hybridized carbons (Fsp3) is 0.238. The van der Waals surface area contributed by atoms with E-state index in [0.29, 0.717) is 6.42 Å². The maximum atomic E-state index is 10.6. The quantitative estimate of drug-likeness (QED) is 0.267. The first-order valence-corrected chi connectivity index (χ1v) is 11.2. The van der Waals surface area contributed by atoms with Crippen molar-refractivity contribution >= 4 is 61.8 Å². The van der Waals surface area contributed by atoms with E-state index in [0.717, 1.165) is 38.1 Å². The van der Waals surface area contributed by atoms with E-state index in [1.807, 2.05) is 18.2 Å². The molecule has 4 aromatic rings. The Balaban J connectivity index is 1.61. The molecule has 0 atom stereocenters. The number of hydrogen-bond acceptors (Lipinski definition) is 4. The van der Waals surface area contributed by atoms with Crippen molar-refractivity contribution in [1.29, 1.82) is 0 Å². The van der Waals surface area contributed by atoms with Crippen LogP contribution in [0.25, 0.3) is 21.1 Å². The number of carboxylic acid groups (broad SMARTS) is 1. The Morgan fingerprint density at radius 2 is 2.14 bits per heavy atom. The predicted octanol–water partition coefficient (Wildman–Crippen LogP) is 6.29. The molecule has 7 heteroatoms. The van der Waals surface area contributed by atoms with Crippen LogP contribution in [-0.2, 0) is 11.2 Å². The Kier molecular flexibility index (Phi) is 5.62. The summed E-state index contributed by atoms with van der Waals surface area (Å²) in [5.41, 5.74) is 5.66. The third kappa shape index (κ3) is 3.90. The van der Waals surface area contributed by atoms with Gasteiger partial charge in [-0.3, -0.25) is 4.79 Å². The van der Waals surface area contributed by atoms with Crippen molar-refractivity contribution in [3.05, 3.63) is 57.4 Å². The van der Waals surface area contributed by atoms with Gasteiger partial charge in [-0.25, -0.2) is 4.98 Å². The minimum Gasteiger partial charge on any atom is -0.481 e. The van der Waals surface area contributed by atoms with Crippen LogP contribution < -0.4 is 0 Å². The van der Waals surface area contributed by atoms with Gasteiger partial charge in [0.05, 0.1) is 20.8 Å². The second-order valence-corrected chi connectivity index (χ2v) is 9.08. The third-order valence-electron chi connectivity index (χ3n) is 4.69. The molecule has 0 aliphatic carbocycles. The third-order valence-corrected chi connectivity index (χ3v) is 7.14. The molecule has 4 rings (SSSR count). The van der Waals surface area contributed by atoms with E-state index < -0.39 is 5.97 Å². The number of fused-ring (bicyclic) bond motifs is 2.